The number of aromatic nitrogens is 1. The van der Waals surface area contributed by atoms with Gasteiger partial charge >= 0.3 is 0 Å². The van der Waals surface area contributed by atoms with E-state index >= 15 is 0 Å². The molecular formula is C15H12F3N3O2S. The Morgan fingerprint density at radius 3 is 2.62 bits per heavy atom. The van der Waals surface area contributed by atoms with E-state index in [1.54, 1.807) is 18.4 Å². The van der Waals surface area contributed by atoms with Gasteiger partial charge < -0.3 is 10.6 Å². The Balaban J connectivity index is 1.99. The van der Waals surface area contributed by atoms with Crippen LogP contribution in [0.3, 0.4) is 0 Å². The molecule has 0 saturated carbocycles. The molecule has 1 heterocycles. The summed E-state index contributed by atoms with van der Waals surface area (Å²) in [5, 5.41) is 4.89. The number of benzene rings is 1. The summed E-state index contributed by atoms with van der Waals surface area (Å²) in [5.74, 6) is -5.88. The predicted octanol–water partition coefficient (Wildman–Crippen LogP) is 2.59. The minimum Gasteiger partial charge on any atom is -0.343 e. The summed E-state index contributed by atoms with van der Waals surface area (Å²) in [6, 6.07) is 4.69. The molecule has 0 atom stereocenters. The zero-order chi connectivity index (χ0) is 17.7. The summed E-state index contributed by atoms with van der Waals surface area (Å²) in [5.41, 5.74) is -0.226. The van der Waals surface area contributed by atoms with E-state index in [1.165, 1.54) is 18.0 Å². The molecule has 0 saturated heterocycles. The highest BCUT2D eigenvalue weighted by molar-refractivity contribution is 7.98. The third-order valence-corrected chi connectivity index (χ3v) is 3.64. The first-order valence-electron chi connectivity index (χ1n) is 6.64. The number of nitrogens with zero attached hydrogens (tertiary/aromatic N) is 1. The van der Waals surface area contributed by atoms with Crippen LogP contribution in [0.2, 0.25) is 0 Å². The Morgan fingerprint density at radius 2 is 1.92 bits per heavy atom. The number of pyridine rings is 1. The van der Waals surface area contributed by atoms with Gasteiger partial charge in [-0.05, 0) is 30.5 Å². The Labute approximate surface area is 139 Å². The Morgan fingerprint density at radius 1 is 1.17 bits per heavy atom. The van der Waals surface area contributed by atoms with Crippen LogP contribution in [0.5, 0.6) is 0 Å². The third kappa shape index (κ3) is 4.05. The maximum atomic E-state index is 13.5. The quantitative estimate of drug-likeness (QED) is 0.639. The van der Waals surface area contributed by atoms with Gasteiger partial charge in [0.15, 0.2) is 17.5 Å². The average molecular weight is 355 g/mol. The molecule has 2 N–H and O–H groups in total. The van der Waals surface area contributed by atoms with Crippen LogP contribution in [-0.2, 0) is 4.79 Å². The molecule has 2 rings (SSSR count). The number of nitrogens with one attached hydrogen (secondary N) is 2. The van der Waals surface area contributed by atoms with Gasteiger partial charge in [0, 0.05) is 6.20 Å². The second-order valence-electron chi connectivity index (χ2n) is 4.51. The van der Waals surface area contributed by atoms with Crippen molar-refractivity contribution in [2.24, 2.45) is 0 Å². The van der Waals surface area contributed by atoms with E-state index in [0.29, 0.717) is 11.1 Å². The molecule has 126 valence electrons. The molecule has 5 nitrogen and oxygen atoms in total. The predicted molar refractivity (Wildman–Crippen MR) is 83.3 cm³/mol. The molecule has 0 aliphatic heterocycles. The minimum atomic E-state index is -1.68. The van der Waals surface area contributed by atoms with Crippen molar-refractivity contribution in [1.29, 1.82) is 0 Å². The van der Waals surface area contributed by atoms with Gasteiger partial charge in [-0.15, -0.1) is 11.8 Å². The van der Waals surface area contributed by atoms with E-state index in [0.717, 1.165) is 6.07 Å². The molecule has 0 bridgehead atoms. The average Bonchev–Trinajstić information content (AvgIpc) is 2.60. The summed E-state index contributed by atoms with van der Waals surface area (Å²) in [4.78, 5) is 27.8. The summed E-state index contributed by atoms with van der Waals surface area (Å²) >= 11 is 1.27. The summed E-state index contributed by atoms with van der Waals surface area (Å²) in [6.07, 6.45) is 3.28. The second kappa shape index (κ2) is 7.82. The van der Waals surface area contributed by atoms with Crippen LogP contribution in [0.15, 0.2) is 35.5 Å². The molecule has 0 aliphatic carbocycles. The fourth-order valence-electron chi connectivity index (χ4n) is 1.80. The SMILES string of the molecule is CSc1ncccc1C(=O)NCC(=O)Nc1ccc(F)c(F)c1F. The summed E-state index contributed by atoms with van der Waals surface area (Å²) in [7, 11) is 0. The lowest BCUT2D eigenvalue weighted by molar-refractivity contribution is -0.115. The number of amides is 2. The zero-order valence-electron chi connectivity index (χ0n) is 12.4. The van der Waals surface area contributed by atoms with Crippen molar-refractivity contribution in [2.75, 3.05) is 18.1 Å². The van der Waals surface area contributed by atoms with Crippen LogP contribution < -0.4 is 10.6 Å². The van der Waals surface area contributed by atoms with E-state index in [4.69, 9.17) is 0 Å². The van der Waals surface area contributed by atoms with E-state index in [2.05, 4.69) is 15.6 Å². The van der Waals surface area contributed by atoms with Crippen molar-refractivity contribution in [2.45, 2.75) is 5.03 Å². The van der Waals surface area contributed by atoms with Crippen molar-refractivity contribution in [3.8, 4) is 0 Å². The summed E-state index contributed by atoms with van der Waals surface area (Å²) < 4.78 is 39.4. The third-order valence-electron chi connectivity index (χ3n) is 2.93. The number of halogens is 3. The number of hydrogen-bond donors (Lipinski definition) is 2. The summed E-state index contributed by atoms with van der Waals surface area (Å²) in [6.45, 7) is -0.472. The maximum absolute atomic E-state index is 13.5. The molecule has 0 spiro atoms. The van der Waals surface area contributed by atoms with Crippen molar-refractivity contribution >= 4 is 29.3 Å². The van der Waals surface area contributed by atoms with Gasteiger partial charge in [0.1, 0.15) is 5.03 Å². The molecule has 9 heteroatoms. The monoisotopic (exact) mass is 355 g/mol. The highest BCUT2D eigenvalue weighted by Crippen LogP contribution is 2.19. The van der Waals surface area contributed by atoms with Gasteiger partial charge in [0.25, 0.3) is 5.91 Å². The molecule has 0 radical (unpaired) electrons. The van der Waals surface area contributed by atoms with E-state index in [1.807, 2.05) is 0 Å². The van der Waals surface area contributed by atoms with Gasteiger partial charge in [-0.25, -0.2) is 18.2 Å². The lowest BCUT2D eigenvalue weighted by Gasteiger charge is -2.09. The molecule has 0 unspecified atom stereocenters. The Hall–Kier alpha value is -2.55. The smallest absolute Gasteiger partial charge is 0.254 e. The first-order chi connectivity index (χ1) is 11.4. The lowest BCUT2D eigenvalue weighted by atomic mass is 10.2. The number of carbonyl (C=O) groups excluding carboxylic acids is 2. The van der Waals surface area contributed by atoms with Gasteiger partial charge in [-0.1, -0.05) is 0 Å². The van der Waals surface area contributed by atoms with Gasteiger partial charge in [-0.2, -0.15) is 0 Å². The topological polar surface area (TPSA) is 71.1 Å². The van der Waals surface area contributed by atoms with Crippen molar-refractivity contribution in [3.63, 3.8) is 0 Å². The Kier molecular flexibility index (Phi) is 5.80. The lowest BCUT2D eigenvalue weighted by Crippen LogP contribution is -2.33. The van der Waals surface area contributed by atoms with Crippen molar-refractivity contribution in [3.05, 3.63) is 53.5 Å². The van der Waals surface area contributed by atoms with E-state index in [-0.39, 0.29) is 5.56 Å². The van der Waals surface area contributed by atoms with Crippen molar-refractivity contribution in [1.82, 2.24) is 10.3 Å². The van der Waals surface area contributed by atoms with E-state index < -0.39 is 41.5 Å². The number of carbonyl (C=O) groups is 2. The molecule has 0 aliphatic rings. The fraction of sp³-hybridized carbons (Fsp3) is 0.133. The number of thioether (sulfide) groups is 1. The van der Waals surface area contributed by atoms with Crippen LogP contribution in [0.1, 0.15) is 10.4 Å². The van der Waals surface area contributed by atoms with Gasteiger partial charge in [0.05, 0.1) is 17.8 Å². The first-order valence-corrected chi connectivity index (χ1v) is 7.87. The van der Waals surface area contributed by atoms with Gasteiger partial charge in [0.2, 0.25) is 5.91 Å². The Bertz CT molecular complexity index is 787. The standard InChI is InChI=1S/C15H12F3N3O2S/c1-24-15-8(3-2-6-19-15)14(23)20-7-11(22)21-10-5-4-9(16)12(17)13(10)18/h2-6H,7H2,1H3,(H,20,23)(H,21,22). The first kappa shape index (κ1) is 17.8. The maximum Gasteiger partial charge on any atom is 0.254 e. The van der Waals surface area contributed by atoms with Crippen LogP contribution in [0.25, 0.3) is 0 Å². The minimum absolute atomic E-state index is 0.289. The van der Waals surface area contributed by atoms with Crippen LogP contribution in [0.4, 0.5) is 18.9 Å². The van der Waals surface area contributed by atoms with E-state index in [9.17, 15) is 22.8 Å². The fourth-order valence-corrected chi connectivity index (χ4v) is 2.35. The number of rotatable bonds is 5. The normalized spacial score (nSPS) is 10.3. The number of anilines is 1. The highest BCUT2D eigenvalue weighted by Gasteiger charge is 2.16. The van der Waals surface area contributed by atoms with Crippen molar-refractivity contribution < 1.29 is 22.8 Å². The molecule has 2 aromatic rings. The molecule has 0 fully saturated rings. The zero-order valence-corrected chi connectivity index (χ0v) is 13.2. The van der Waals surface area contributed by atoms with Crippen LogP contribution >= 0.6 is 11.8 Å². The molecular weight excluding hydrogens is 343 g/mol. The van der Waals surface area contributed by atoms with Crippen LogP contribution in [-0.4, -0.2) is 29.6 Å². The molecule has 1 aromatic heterocycles. The van der Waals surface area contributed by atoms with Gasteiger partial charge in [-0.3, -0.25) is 9.59 Å². The number of hydrogen-bond acceptors (Lipinski definition) is 4. The second-order valence-corrected chi connectivity index (χ2v) is 5.31. The molecule has 1 aromatic carbocycles. The van der Waals surface area contributed by atoms with Crippen LogP contribution in [0, 0.1) is 17.5 Å². The highest BCUT2D eigenvalue weighted by atomic mass is 32.2. The largest absolute Gasteiger partial charge is 0.343 e. The molecule has 24 heavy (non-hydrogen) atoms. The molecule has 2 amide bonds.